The molecule has 5 heterocycles. The first kappa shape index (κ1) is 35.5. The molecular formula is C40H35ClF4N6O4. The molecule has 3 aliphatic rings. The number of likely N-dealkylation sites (tertiary alicyclic amines) is 1. The van der Waals surface area contributed by atoms with E-state index < -0.39 is 29.4 Å². The van der Waals surface area contributed by atoms with Gasteiger partial charge in [0.25, 0.3) is 11.7 Å². The molecule has 2 atom stereocenters. The number of anilines is 1. The number of aromatic amines is 1. The molecule has 55 heavy (non-hydrogen) atoms. The molecule has 2 aromatic heterocycles. The number of hydrogen-bond donors (Lipinski definition) is 2. The van der Waals surface area contributed by atoms with E-state index in [0.717, 1.165) is 49.3 Å². The summed E-state index contributed by atoms with van der Waals surface area (Å²) in [4.78, 5) is 20.7. The minimum atomic E-state index is -4.64. The van der Waals surface area contributed by atoms with Crippen molar-refractivity contribution in [2.24, 2.45) is 0 Å². The Morgan fingerprint density at radius 2 is 1.85 bits per heavy atom. The molecule has 0 saturated carbocycles. The van der Waals surface area contributed by atoms with Crippen LogP contribution in [0.2, 0.25) is 5.02 Å². The van der Waals surface area contributed by atoms with Gasteiger partial charge in [-0.05, 0) is 98.9 Å². The first-order valence-corrected chi connectivity index (χ1v) is 18.5. The number of carbonyl (C=O) groups is 1. The smallest absolute Gasteiger partial charge is 0.435 e. The van der Waals surface area contributed by atoms with Crippen LogP contribution in [0.4, 0.5) is 23.2 Å². The lowest BCUT2D eigenvalue weighted by Gasteiger charge is -2.33. The number of para-hydroxylation sites is 1. The molecule has 4 aromatic carbocycles. The monoisotopic (exact) mass is 774 g/mol. The SMILES string of the molecule is CC1(c2ccc(Cl)cc2F)Oc2cccc(C3CCN(Cc4nc5cc(C(=O)Nc6ccc7[nH]nc(C(F)(F)F)c7c6)ccc5n4C[C@@H]4CCO4)CC3)c2O1. The highest BCUT2D eigenvalue weighted by atomic mass is 35.5. The predicted octanol–water partition coefficient (Wildman–Crippen LogP) is 8.79. The van der Waals surface area contributed by atoms with Crippen LogP contribution in [0.1, 0.15) is 65.1 Å². The van der Waals surface area contributed by atoms with Crippen LogP contribution in [-0.2, 0) is 29.8 Å². The number of nitrogens with one attached hydrogen (secondary N) is 2. The zero-order valence-electron chi connectivity index (χ0n) is 29.6. The van der Waals surface area contributed by atoms with Crippen molar-refractivity contribution in [1.82, 2.24) is 24.6 Å². The molecular weight excluding hydrogens is 740 g/mol. The molecule has 6 aromatic rings. The second-order valence-electron chi connectivity index (χ2n) is 14.4. The molecule has 2 fully saturated rings. The van der Waals surface area contributed by atoms with Gasteiger partial charge in [-0.3, -0.25) is 14.8 Å². The Morgan fingerprint density at radius 3 is 2.60 bits per heavy atom. The number of fused-ring (bicyclic) bond motifs is 3. The molecule has 2 saturated heterocycles. The van der Waals surface area contributed by atoms with Crippen LogP contribution in [0.5, 0.6) is 11.5 Å². The predicted molar refractivity (Wildman–Crippen MR) is 197 cm³/mol. The molecule has 2 N–H and O–H groups in total. The number of rotatable bonds is 8. The van der Waals surface area contributed by atoms with E-state index in [4.69, 9.17) is 30.8 Å². The highest BCUT2D eigenvalue weighted by Crippen LogP contribution is 2.50. The van der Waals surface area contributed by atoms with Crippen molar-refractivity contribution in [2.45, 2.75) is 63.3 Å². The zero-order chi connectivity index (χ0) is 38.1. The normalized spacial score (nSPS) is 20.3. The number of alkyl halides is 3. The van der Waals surface area contributed by atoms with Crippen molar-refractivity contribution in [3.05, 3.63) is 112 Å². The molecule has 1 unspecified atom stereocenters. The largest absolute Gasteiger partial charge is 0.444 e. The van der Waals surface area contributed by atoms with Crippen LogP contribution >= 0.6 is 11.6 Å². The number of imidazole rings is 1. The van der Waals surface area contributed by atoms with E-state index in [0.29, 0.717) is 47.3 Å². The number of H-pyrrole nitrogens is 1. The summed E-state index contributed by atoms with van der Waals surface area (Å²) in [5.41, 5.74) is 2.51. The van der Waals surface area contributed by atoms with Gasteiger partial charge in [-0.15, -0.1) is 0 Å². The van der Waals surface area contributed by atoms with Gasteiger partial charge in [-0.25, -0.2) is 9.37 Å². The molecule has 0 bridgehead atoms. The van der Waals surface area contributed by atoms with E-state index in [2.05, 4.69) is 25.0 Å². The standard InChI is InChI=1S/C40H35ClF4N6O4/c1-39(29-8-6-24(41)18-30(29)42)54-34-4-2-3-27(36(34)55-39)22-11-14-50(15-12-22)21-35-47-32-17-23(5-10-33(32)51(35)20-26-13-16-53-26)38(52)46-25-7-9-31-28(19-25)37(49-48-31)40(43,44)45/h2-10,17-19,22,26H,11-16,20-21H2,1H3,(H,46,52)(H,48,49)/t26-,39?/m0/s1. The third-order valence-corrected chi connectivity index (χ3v) is 11.0. The quantitative estimate of drug-likeness (QED) is 0.149. The fourth-order valence-corrected chi connectivity index (χ4v) is 7.99. The maximum Gasteiger partial charge on any atom is 0.435 e. The summed E-state index contributed by atoms with van der Waals surface area (Å²) in [6.07, 6.45) is -1.91. The fourth-order valence-electron chi connectivity index (χ4n) is 7.83. The summed E-state index contributed by atoms with van der Waals surface area (Å²) in [6, 6.07) is 19.8. The Labute approximate surface area is 317 Å². The Balaban J connectivity index is 0.910. The third-order valence-electron chi connectivity index (χ3n) is 10.8. The summed E-state index contributed by atoms with van der Waals surface area (Å²) < 4.78 is 75.8. The van der Waals surface area contributed by atoms with Gasteiger partial charge in [0.2, 0.25) is 0 Å². The third kappa shape index (κ3) is 6.65. The van der Waals surface area contributed by atoms with E-state index in [1.54, 1.807) is 31.2 Å². The van der Waals surface area contributed by atoms with Crippen molar-refractivity contribution >= 4 is 45.1 Å². The maximum absolute atomic E-state index is 14.9. The first-order chi connectivity index (χ1) is 26.4. The average molecular weight is 775 g/mol. The number of ether oxygens (including phenoxy) is 3. The molecule has 15 heteroatoms. The summed E-state index contributed by atoms with van der Waals surface area (Å²) >= 11 is 6.00. The minimum Gasteiger partial charge on any atom is -0.444 e. The molecule has 284 valence electrons. The van der Waals surface area contributed by atoms with Gasteiger partial charge < -0.3 is 24.1 Å². The molecule has 0 aliphatic carbocycles. The number of benzene rings is 4. The van der Waals surface area contributed by atoms with Gasteiger partial charge in [0.05, 0.1) is 41.3 Å². The van der Waals surface area contributed by atoms with Gasteiger partial charge in [0, 0.05) is 40.8 Å². The van der Waals surface area contributed by atoms with E-state index in [9.17, 15) is 22.4 Å². The van der Waals surface area contributed by atoms with Gasteiger partial charge in [0.15, 0.2) is 17.2 Å². The topological polar surface area (TPSA) is 107 Å². The Morgan fingerprint density at radius 1 is 1.04 bits per heavy atom. The Hall–Kier alpha value is -5.18. The van der Waals surface area contributed by atoms with Crippen molar-refractivity contribution in [1.29, 1.82) is 0 Å². The molecule has 1 amide bonds. The van der Waals surface area contributed by atoms with Crippen LogP contribution in [0.3, 0.4) is 0 Å². The van der Waals surface area contributed by atoms with Crippen molar-refractivity contribution in [3.63, 3.8) is 0 Å². The molecule has 0 spiro atoms. The maximum atomic E-state index is 14.9. The lowest BCUT2D eigenvalue weighted by Crippen LogP contribution is -2.35. The Kier molecular flexibility index (Phi) is 8.74. The molecule has 10 nitrogen and oxygen atoms in total. The van der Waals surface area contributed by atoms with E-state index in [1.807, 2.05) is 24.3 Å². The lowest BCUT2D eigenvalue weighted by atomic mass is 9.88. The minimum absolute atomic E-state index is 0.0683. The highest BCUT2D eigenvalue weighted by molar-refractivity contribution is 6.30. The van der Waals surface area contributed by atoms with Gasteiger partial charge in [-0.1, -0.05) is 23.7 Å². The van der Waals surface area contributed by atoms with Crippen molar-refractivity contribution in [2.75, 3.05) is 25.0 Å². The number of amides is 1. The summed E-state index contributed by atoms with van der Waals surface area (Å²) in [7, 11) is 0. The van der Waals surface area contributed by atoms with Crippen LogP contribution in [-0.4, -0.2) is 56.4 Å². The molecule has 9 rings (SSSR count). The van der Waals surface area contributed by atoms with E-state index in [-0.39, 0.29) is 34.2 Å². The Bertz CT molecular complexity index is 2460. The average Bonchev–Trinajstić information content (AvgIpc) is 3.82. The zero-order valence-corrected chi connectivity index (χ0v) is 30.3. The lowest BCUT2D eigenvalue weighted by molar-refractivity contribution is -0.139. The van der Waals surface area contributed by atoms with Crippen molar-refractivity contribution in [3.8, 4) is 11.5 Å². The van der Waals surface area contributed by atoms with Crippen LogP contribution in [0.25, 0.3) is 21.9 Å². The number of carbonyl (C=O) groups excluding carboxylic acids is 1. The van der Waals surface area contributed by atoms with Crippen LogP contribution < -0.4 is 14.8 Å². The number of aromatic nitrogens is 4. The van der Waals surface area contributed by atoms with Crippen molar-refractivity contribution < 1.29 is 36.6 Å². The number of hydrogen-bond acceptors (Lipinski definition) is 7. The molecule has 0 radical (unpaired) electrons. The van der Waals surface area contributed by atoms with Gasteiger partial charge in [0.1, 0.15) is 11.6 Å². The molecule has 3 aliphatic heterocycles. The summed E-state index contributed by atoms with van der Waals surface area (Å²) in [6.45, 7) is 5.23. The van der Waals surface area contributed by atoms with E-state index >= 15 is 0 Å². The second kappa shape index (κ2) is 13.5. The highest BCUT2D eigenvalue weighted by Gasteiger charge is 2.43. The van der Waals surface area contributed by atoms with Gasteiger partial charge >= 0.3 is 6.18 Å². The number of halogens is 5. The first-order valence-electron chi connectivity index (χ1n) is 18.1. The van der Waals surface area contributed by atoms with Gasteiger partial charge in [-0.2, -0.15) is 18.3 Å². The van der Waals surface area contributed by atoms with Crippen LogP contribution in [0, 0.1) is 5.82 Å². The van der Waals surface area contributed by atoms with E-state index in [1.165, 1.54) is 24.3 Å². The second-order valence-corrected chi connectivity index (χ2v) is 14.8. The number of piperidine rings is 1. The summed E-state index contributed by atoms with van der Waals surface area (Å²) in [5, 5.41) is 8.68. The van der Waals surface area contributed by atoms with Crippen LogP contribution in [0.15, 0.2) is 72.8 Å². The fraction of sp³-hybridized carbons (Fsp3) is 0.325. The number of nitrogens with zero attached hydrogens (tertiary/aromatic N) is 4. The summed E-state index contributed by atoms with van der Waals surface area (Å²) in [5.74, 6) is -0.0399.